The Bertz CT molecular complexity index is 1850. The van der Waals surface area contributed by atoms with Crippen molar-refractivity contribution in [2.75, 3.05) is 13.2 Å². The predicted molar refractivity (Wildman–Crippen MR) is 173 cm³/mol. The van der Waals surface area contributed by atoms with E-state index in [1.165, 1.54) is 13.0 Å². The van der Waals surface area contributed by atoms with Crippen molar-refractivity contribution in [2.45, 2.75) is 99.0 Å². The SMILES string of the molecule is C[C@@H]1O[C@@H](Oc2c(-c3ccc(O)c(O)c3)oc3cc(OC4OC(CO)C(O)C(O)C4O)cc(O)c3c2=O)[C@H](O)[C@H](O)[C@H]1O[C@@H]1O[C@H](CO)[C@@H](O)[C@H](O)[C@H]1O. The van der Waals surface area contributed by atoms with Crippen molar-refractivity contribution >= 4 is 11.0 Å². The number of benzene rings is 2. The lowest BCUT2D eigenvalue weighted by Gasteiger charge is -2.45. The fourth-order valence-corrected chi connectivity index (χ4v) is 6.33. The monoisotopic (exact) mass is 772 g/mol. The van der Waals surface area contributed by atoms with Crippen LogP contribution in [0.15, 0.2) is 39.5 Å². The molecular formula is C33H40O21. The van der Waals surface area contributed by atoms with Gasteiger partial charge in [0.15, 0.2) is 23.5 Å². The number of aliphatic hydroxyl groups excluding tert-OH is 10. The van der Waals surface area contributed by atoms with Gasteiger partial charge in [-0.1, -0.05) is 0 Å². The molecule has 21 nitrogen and oxygen atoms in total. The first-order chi connectivity index (χ1) is 25.6. The van der Waals surface area contributed by atoms with E-state index >= 15 is 0 Å². The van der Waals surface area contributed by atoms with Crippen molar-refractivity contribution in [3.8, 4) is 40.1 Å². The van der Waals surface area contributed by atoms with E-state index in [1.807, 2.05) is 0 Å². The highest BCUT2D eigenvalue weighted by Gasteiger charge is 2.51. The van der Waals surface area contributed by atoms with Crippen molar-refractivity contribution in [2.24, 2.45) is 0 Å². The van der Waals surface area contributed by atoms with Gasteiger partial charge in [-0.05, 0) is 25.1 Å². The molecular weight excluding hydrogens is 732 g/mol. The zero-order chi connectivity index (χ0) is 39.3. The largest absolute Gasteiger partial charge is 0.507 e. The quantitative estimate of drug-likeness (QED) is 0.0917. The number of phenols is 3. The van der Waals surface area contributed by atoms with Crippen molar-refractivity contribution in [3.63, 3.8) is 0 Å². The summed E-state index contributed by atoms with van der Waals surface area (Å²) in [6.45, 7) is -0.166. The molecule has 54 heavy (non-hydrogen) atoms. The third-order valence-corrected chi connectivity index (χ3v) is 9.40. The van der Waals surface area contributed by atoms with Gasteiger partial charge in [-0.15, -0.1) is 0 Å². The van der Waals surface area contributed by atoms with Crippen LogP contribution in [0.5, 0.6) is 28.7 Å². The molecule has 0 radical (unpaired) electrons. The second kappa shape index (κ2) is 15.7. The zero-order valence-corrected chi connectivity index (χ0v) is 28.0. The minimum atomic E-state index is -2.02. The molecule has 2 aromatic carbocycles. The molecule has 15 atom stereocenters. The normalized spacial score (nSPS) is 37.3. The Hall–Kier alpha value is -3.91. The van der Waals surface area contributed by atoms with E-state index in [2.05, 4.69) is 0 Å². The zero-order valence-electron chi connectivity index (χ0n) is 28.0. The van der Waals surface area contributed by atoms with E-state index in [1.54, 1.807) is 0 Å². The lowest BCUT2D eigenvalue weighted by atomic mass is 9.97. The summed E-state index contributed by atoms with van der Waals surface area (Å²) in [5.41, 5.74) is -1.57. The summed E-state index contributed by atoms with van der Waals surface area (Å²) >= 11 is 0. The molecule has 3 aliphatic rings. The molecule has 0 aliphatic carbocycles. The fraction of sp³-hybridized carbons (Fsp3) is 0.545. The summed E-state index contributed by atoms with van der Waals surface area (Å²) in [7, 11) is 0. The van der Waals surface area contributed by atoms with Crippen LogP contribution in [-0.4, -0.2) is 172 Å². The lowest BCUT2D eigenvalue weighted by molar-refractivity contribution is -0.348. The number of rotatable bonds is 9. The maximum Gasteiger partial charge on any atom is 0.239 e. The number of hydrogen-bond donors (Lipinski definition) is 13. The van der Waals surface area contributed by atoms with Crippen LogP contribution >= 0.6 is 0 Å². The second-order valence-electron chi connectivity index (χ2n) is 13.0. The molecule has 21 heteroatoms. The summed E-state index contributed by atoms with van der Waals surface area (Å²) in [5, 5.41) is 133. The van der Waals surface area contributed by atoms with E-state index in [4.69, 9.17) is 32.8 Å². The molecule has 298 valence electrons. The first-order valence-electron chi connectivity index (χ1n) is 16.5. The van der Waals surface area contributed by atoms with Gasteiger partial charge >= 0.3 is 0 Å². The van der Waals surface area contributed by atoms with E-state index in [0.717, 1.165) is 24.3 Å². The lowest BCUT2D eigenvalue weighted by Crippen LogP contribution is -2.64. The summed E-state index contributed by atoms with van der Waals surface area (Å²) in [4.78, 5) is 14.0. The standard InChI is InChI=1S/C33H40O21/c1-9-28(53-33-26(46)23(43)20(40)17(8-35)52-33)24(44)27(47)31(48-9)54-30-21(41)18-14(38)5-11(49-32-25(45)22(42)19(39)16(7-34)51-32)6-15(18)50-29(30)10-2-3-12(36)13(37)4-10/h2-6,9,16-17,19-20,22-28,31-40,42-47H,7-8H2,1H3/t9-,16?,17+,19?,20+,22?,23-,24-,25?,26+,27+,28-,31-,32?,33-/m0/s1. The minimum Gasteiger partial charge on any atom is -0.507 e. The average molecular weight is 773 g/mol. The van der Waals surface area contributed by atoms with Gasteiger partial charge < -0.3 is 99.2 Å². The molecule has 0 amide bonds. The number of phenolic OH excluding ortho intramolecular Hbond substituents is 3. The predicted octanol–water partition coefficient (Wildman–Crippen LogP) is -4.21. The van der Waals surface area contributed by atoms with Gasteiger partial charge in [0, 0.05) is 17.7 Å². The van der Waals surface area contributed by atoms with Crippen LogP contribution in [0.25, 0.3) is 22.3 Å². The molecule has 3 aromatic rings. The number of aliphatic hydroxyl groups is 10. The molecule has 6 rings (SSSR count). The smallest absolute Gasteiger partial charge is 0.239 e. The topological polar surface area (TPSA) is 349 Å². The Kier molecular flexibility index (Phi) is 11.5. The molecule has 3 aliphatic heterocycles. The van der Waals surface area contributed by atoms with Gasteiger partial charge in [0.2, 0.25) is 23.8 Å². The van der Waals surface area contributed by atoms with E-state index in [9.17, 15) is 71.2 Å². The van der Waals surface area contributed by atoms with Gasteiger partial charge in [0.1, 0.15) is 89.6 Å². The van der Waals surface area contributed by atoms with E-state index in [0.29, 0.717) is 0 Å². The molecule has 3 fully saturated rings. The van der Waals surface area contributed by atoms with Crippen LogP contribution in [0.3, 0.4) is 0 Å². The van der Waals surface area contributed by atoms with Crippen molar-refractivity contribution in [1.82, 2.24) is 0 Å². The first-order valence-corrected chi connectivity index (χ1v) is 16.5. The van der Waals surface area contributed by atoms with Crippen molar-refractivity contribution in [1.29, 1.82) is 0 Å². The third kappa shape index (κ3) is 7.27. The van der Waals surface area contributed by atoms with Crippen molar-refractivity contribution < 1.29 is 99.2 Å². The van der Waals surface area contributed by atoms with Gasteiger partial charge in [0.05, 0.1) is 19.3 Å². The summed E-state index contributed by atoms with van der Waals surface area (Å²) in [5.74, 6) is -3.49. The second-order valence-corrected chi connectivity index (χ2v) is 13.0. The Morgan fingerprint density at radius 1 is 0.630 bits per heavy atom. The van der Waals surface area contributed by atoms with Crippen LogP contribution in [0, 0.1) is 0 Å². The van der Waals surface area contributed by atoms with Gasteiger partial charge in [-0.2, -0.15) is 0 Å². The van der Waals surface area contributed by atoms with Crippen LogP contribution in [-0.2, 0) is 18.9 Å². The molecule has 13 N–H and O–H groups in total. The van der Waals surface area contributed by atoms with Gasteiger partial charge in [-0.3, -0.25) is 4.79 Å². The molecule has 3 saturated heterocycles. The summed E-state index contributed by atoms with van der Waals surface area (Å²) in [6, 6.07) is 5.23. The molecule has 0 spiro atoms. The minimum absolute atomic E-state index is 0.0956. The Balaban J connectivity index is 1.32. The van der Waals surface area contributed by atoms with Crippen LogP contribution in [0.1, 0.15) is 6.92 Å². The highest BCUT2D eigenvalue weighted by atomic mass is 16.7. The fourth-order valence-electron chi connectivity index (χ4n) is 6.33. The van der Waals surface area contributed by atoms with Crippen molar-refractivity contribution in [3.05, 3.63) is 40.6 Å². The van der Waals surface area contributed by atoms with E-state index < -0.39 is 145 Å². The van der Waals surface area contributed by atoms with Gasteiger partial charge in [0.25, 0.3) is 0 Å². The van der Waals surface area contributed by atoms with Crippen LogP contribution in [0.4, 0.5) is 0 Å². The van der Waals surface area contributed by atoms with E-state index in [-0.39, 0.29) is 16.9 Å². The maximum absolute atomic E-state index is 14.0. The summed E-state index contributed by atoms with van der Waals surface area (Å²) < 4.78 is 39.3. The Morgan fingerprint density at radius 2 is 1.20 bits per heavy atom. The molecule has 1 aromatic heterocycles. The number of ether oxygens (including phenoxy) is 6. The Labute approximate surface area is 303 Å². The molecule has 4 heterocycles. The summed E-state index contributed by atoms with van der Waals surface area (Å²) in [6.07, 6.45) is -25.2. The molecule has 0 bridgehead atoms. The third-order valence-electron chi connectivity index (χ3n) is 9.40. The first kappa shape index (κ1) is 39.8. The maximum atomic E-state index is 14.0. The van der Waals surface area contributed by atoms with Crippen LogP contribution in [0.2, 0.25) is 0 Å². The number of aromatic hydroxyl groups is 3. The highest BCUT2D eigenvalue weighted by molar-refractivity contribution is 5.88. The average Bonchev–Trinajstić information content (AvgIpc) is 3.14. The Morgan fingerprint density at radius 3 is 1.81 bits per heavy atom. The number of hydrogen-bond acceptors (Lipinski definition) is 21. The highest BCUT2D eigenvalue weighted by Crippen LogP contribution is 2.40. The molecule has 0 saturated carbocycles. The number of fused-ring (bicyclic) bond motifs is 1. The van der Waals surface area contributed by atoms with Crippen LogP contribution < -0.4 is 14.9 Å². The molecule has 5 unspecified atom stereocenters. The van der Waals surface area contributed by atoms with Gasteiger partial charge in [-0.25, -0.2) is 0 Å².